The van der Waals surface area contributed by atoms with Crippen LogP contribution in [0.25, 0.3) is 0 Å². The van der Waals surface area contributed by atoms with Gasteiger partial charge in [-0.15, -0.1) is 0 Å². The van der Waals surface area contributed by atoms with Gasteiger partial charge in [0.15, 0.2) is 0 Å². The molecule has 1 spiro atoms. The van der Waals surface area contributed by atoms with E-state index in [4.69, 9.17) is 16.2 Å². The van der Waals surface area contributed by atoms with Crippen LogP contribution in [0.15, 0.2) is 39.1 Å². The number of piperidine rings is 1. The molecule has 1 aliphatic carbocycles. The monoisotopic (exact) mass is 519 g/mol. The summed E-state index contributed by atoms with van der Waals surface area (Å²) in [5.41, 5.74) is 11.6. The molecule has 2 aliphatic heterocycles. The largest absolute Gasteiger partial charge is 0.444 e. The molecule has 36 heavy (non-hydrogen) atoms. The molecule has 198 valence electrons. The maximum atomic E-state index is 13.3. The van der Waals surface area contributed by atoms with Gasteiger partial charge in [-0.25, -0.2) is 22.9 Å². The van der Waals surface area contributed by atoms with Gasteiger partial charge in [0.05, 0.1) is 4.90 Å². The molecular formula is C24H37N7O4S. The van der Waals surface area contributed by atoms with Crippen LogP contribution in [0.3, 0.4) is 0 Å². The highest BCUT2D eigenvalue weighted by Crippen LogP contribution is 2.39. The van der Waals surface area contributed by atoms with Gasteiger partial charge in [-0.1, -0.05) is 12.5 Å². The Hall–Kier alpha value is -2.86. The van der Waals surface area contributed by atoms with E-state index in [2.05, 4.69) is 14.7 Å². The Morgan fingerprint density at radius 2 is 1.81 bits per heavy atom. The van der Waals surface area contributed by atoms with Crippen molar-refractivity contribution in [3.05, 3.63) is 24.3 Å². The number of aliphatic imine (C=N–C) groups is 2. The molecule has 1 amide bonds. The fourth-order valence-corrected chi connectivity index (χ4v) is 6.42. The number of ether oxygens (including phenoxy) is 1. The van der Waals surface area contributed by atoms with Crippen molar-refractivity contribution in [2.45, 2.75) is 87.9 Å². The number of carbonyl (C=O) groups is 1. The summed E-state index contributed by atoms with van der Waals surface area (Å²) >= 11 is 0. The van der Waals surface area contributed by atoms with Crippen LogP contribution >= 0.6 is 0 Å². The van der Waals surface area contributed by atoms with Crippen molar-refractivity contribution in [3.8, 4) is 0 Å². The predicted octanol–water partition coefficient (Wildman–Crippen LogP) is 2.47. The molecule has 0 bridgehead atoms. The van der Waals surface area contributed by atoms with E-state index in [-0.39, 0.29) is 28.9 Å². The highest BCUT2D eigenvalue weighted by Gasteiger charge is 2.43. The number of nitrogens with zero attached hydrogens (tertiary/aromatic N) is 4. The summed E-state index contributed by atoms with van der Waals surface area (Å²) in [5, 5.41) is 0. The first-order valence-corrected chi connectivity index (χ1v) is 14.0. The Kier molecular flexibility index (Phi) is 7.20. The topological polar surface area (TPSA) is 156 Å². The number of carbonyl (C=O) groups excluding carboxylic acids is 1. The number of benzene rings is 1. The van der Waals surface area contributed by atoms with E-state index in [0.29, 0.717) is 31.6 Å². The van der Waals surface area contributed by atoms with E-state index in [0.717, 1.165) is 32.1 Å². The van der Waals surface area contributed by atoms with Crippen LogP contribution in [0, 0.1) is 0 Å². The first-order chi connectivity index (χ1) is 16.9. The average Bonchev–Trinajstić information content (AvgIpc) is 2.78. The number of likely N-dealkylation sites (tertiary alicyclic amines) is 1. The number of hydrogen-bond acceptors (Lipinski definition) is 9. The number of sulfonamides is 1. The van der Waals surface area contributed by atoms with Gasteiger partial charge >= 0.3 is 6.09 Å². The lowest BCUT2D eigenvalue weighted by atomic mass is 9.87. The van der Waals surface area contributed by atoms with Gasteiger partial charge < -0.3 is 21.1 Å². The quantitative estimate of drug-likeness (QED) is 0.552. The van der Waals surface area contributed by atoms with Crippen LogP contribution in [0.4, 0.5) is 10.5 Å². The summed E-state index contributed by atoms with van der Waals surface area (Å²) in [6, 6.07) is 6.39. The number of hydrogen-bond donors (Lipinski definition) is 3. The van der Waals surface area contributed by atoms with Crippen LogP contribution in [-0.2, 0) is 14.8 Å². The van der Waals surface area contributed by atoms with E-state index >= 15 is 0 Å². The summed E-state index contributed by atoms with van der Waals surface area (Å²) in [6.07, 6.45) is 5.20. The minimum absolute atomic E-state index is 0.135. The third-order valence-electron chi connectivity index (χ3n) is 6.71. The second-order valence-electron chi connectivity index (χ2n) is 10.7. The van der Waals surface area contributed by atoms with Crippen LogP contribution in [-0.4, -0.2) is 61.7 Å². The SMILES string of the molecule is CC(C)(C)OC(=O)N1CCC(NS(=O)(=O)c2cccc(N3C(N)=NC(N)=NC34CCCCC4)c2)CC1. The standard InChI is InChI=1S/C24H37N7O4S/c1-23(2,3)35-22(32)30-14-10-17(11-15-30)29-36(33,34)19-9-7-8-18(16-19)31-21(26)27-20(25)28-24(31)12-5-4-6-13-24/h7-9,16-17,29H,4-6,10-15H2,1-3H3,(H4,25,26,27,28). The molecule has 4 rings (SSSR count). The molecule has 12 heteroatoms. The Balaban J connectivity index is 1.48. The van der Waals surface area contributed by atoms with Crippen molar-refractivity contribution in [2.75, 3.05) is 18.0 Å². The van der Waals surface area contributed by atoms with E-state index in [1.165, 1.54) is 0 Å². The molecule has 1 aromatic carbocycles. The van der Waals surface area contributed by atoms with Crippen LogP contribution < -0.4 is 21.1 Å². The van der Waals surface area contributed by atoms with Crippen molar-refractivity contribution in [1.29, 1.82) is 0 Å². The van der Waals surface area contributed by atoms with E-state index in [1.54, 1.807) is 23.1 Å². The normalized spacial score (nSPS) is 21.2. The van der Waals surface area contributed by atoms with Crippen LogP contribution in [0.5, 0.6) is 0 Å². The second kappa shape index (κ2) is 9.89. The molecule has 2 heterocycles. The van der Waals surface area contributed by atoms with Crippen molar-refractivity contribution < 1.29 is 17.9 Å². The summed E-state index contributed by atoms with van der Waals surface area (Å²) in [4.78, 5) is 24.7. The number of rotatable bonds is 4. The molecule has 0 aromatic heterocycles. The Morgan fingerprint density at radius 3 is 2.44 bits per heavy atom. The van der Waals surface area contributed by atoms with Crippen molar-refractivity contribution in [1.82, 2.24) is 9.62 Å². The summed E-state index contributed by atoms with van der Waals surface area (Å²) in [7, 11) is -3.81. The zero-order chi connectivity index (χ0) is 26.1. The first-order valence-electron chi connectivity index (χ1n) is 12.5. The minimum Gasteiger partial charge on any atom is -0.444 e. The van der Waals surface area contributed by atoms with Crippen molar-refractivity contribution in [3.63, 3.8) is 0 Å². The van der Waals surface area contributed by atoms with Crippen molar-refractivity contribution >= 4 is 33.7 Å². The number of nitrogens with one attached hydrogen (secondary N) is 1. The maximum Gasteiger partial charge on any atom is 0.410 e. The number of guanidine groups is 2. The molecule has 0 radical (unpaired) electrons. The summed E-state index contributed by atoms with van der Waals surface area (Å²) in [6.45, 7) is 6.30. The zero-order valence-electron chi connectivity index (χ0n) is 21.2. The van der Waals surface area contributed by atoms with Gasteiger partial charge in [0, 0.05) is 24.8 Å². The third kappa shape index (κ3) is 5.75. The average molecular weight is 520 g/mol. The van der Waals surface area contributed by atoms with E-state index in [9.17, 15) is 13.2 Å². The van der Waals surface area contributed by atoms with Crippen molar-refractivity contribution in [2.24, 2.45) is 21.5 Å². The minimum atomic E-state index is -3.81. The highest BCUT2D eigenvalue weighted by molar-refractivity contribution is 7.89. The molecule has 2 fully saturated rings. The maximum absolute atomic E-state index is 13.3. The Morgan fingerprint density at radius 1 is 1.14 bits per heavy atom. The summed E-state index contributed by atoms with van der Waals surface area (Å²) < 4.78 is 34.8. The predicted molar refractivity (Wildman–Crippen MR) is 139 cm³/mol. The fraction of sp³-hybridized carbons (Fsp3) is 0.625. The Labute approximate surface area is 213 Å². The molecule has 1 aromatic rings. The molecule has 11 nitrogen and oxygen atoms in total. The molecule has 1 saturated carbocycles. The molecule has 0 atom stereocenters. The first kappa shape index (κ1) is 26.2. The van der Waals surface area contributed by atoms with E-state index in [1.807, 2.05) is 31.7 Å². The van der Waals surface area contributed by atoms with E-state index < -0.39 is 21.3 Å². The van der Waals surface area contributed by atoms with Gasteiger partial charge in [0.25, 0.3) is 0 Å². The van der Waals surface area contributed by atoms with Gasteiger partial charge in [0.1, 0.15) is 11.3 Å². The molecule has 3 aliphatic rings. The second-order valence-corrected chi connectivity index (χ2v) is 12.4. The smallest absolute Gasteiger partial charge is 0.410 e. The summed E-state index contributed by atoms with van der Waals surface area (Å²) in [5.74, 6) is 0.357. The lowest BCUT2D eigenvalue weighted by Crippen LogP contribution is -2.58. The lowest BCUT2D eigenvalue weighted by Gasteiger charge is -2.45. The van der Waals surface area contributed by atoms with Gasteiger partial charge in [-0.2, -0.15) is 4.99 Å². The lowest BCUT2D eigenvalue weighted by molar-refractivity contribution is 0.0203. The van der Waals surface area contributed by atoms with Crippen LogP contribution in [0.2, 0.25) is 0 Å². The fourth-order valence-electron chi connectivity index (χ4n) is 5.08. The molecule has 1 saturated heterocycles. The van der Waals surface area contributed by atoms with Gasteiger partial charge in [-0.3, -0.25) is 4.90 Å². The van der Waals surface area contributed by atoms with Gasteiger partial charge in [0.2, 0.25) is 21.9 Å². The zero-order valence-corrected chi connectivity index (χ0v) is 22.1. The number of nitrogens with two attached hydrogens (primary N) is 2. The molecule has 5 N–H and O–H groups in total. The number of anilines is 1. The van der Waals surface area contributed by atoms with Crippen LogP contribution in [0.1, 0.15) is 65.7 Å². The Bertz CT molecular complexity index is 1150. The molecular weight excluding hydrogens is 482 g/mol. The molecule has 0 unspecified atom stereocenters. The third-order valence-corrected chi connectivity index (χ3v) is 8.22. The number of amides is 1. The van der Waals surface area contributed by atoms with Gasteiger partial charge in [-0.05, 0) is 77.5 Å². The highest BCUT2D eigenvalue weighted by atomic mass is 32.2.